The number of aryl methyl sites for hydroxylation is 2. The number of rotatable bonds is 5. The van der Waals surface area contributed by atoms with Crippen LogP contribution < -0.4 is 5.32 Å². The Bertz CT molecular complexity index is 977. The van der Waals surface area contributed by atoms with Gasteiger partial charge in [0.2, 0.25) is 5.89 Å². The molecule has 0 aliphatic rings. The third-order valence-electron chi connectivity index (χ3n) is 4.10. The lowest BCUT2D eigenvalue weighted by molar-refractivity contribution is 0.0600. The van der Waals surface area contributed by atoms with Gasteiger partial charge in [0.1, 0.15) is 0 Å². The molecule has 0 saturated heterocycles. The lowest BCUT2D eigenvalue weighted by atomic mass is 10.0. The first-order valence-electron chi connectivity index (χ1n) is 8.34. The van der Waals surface area contributed by atoms with Crippen molar-refractivity contribution in [3.05, 3.63) is 76.2 Å². The molecular weight excluding hydrogens is 346 g/mol. The van der Waals surface area contributed by atoms with Crippen LogP contribution in [-0.2, 0) is 11.2 Å². The molecule has 0 aliphatic carbocycles. The minimum Gasteiger partial charge on any atom is -0.465 e. The lowest BCUT2D eigenvalue weighted by Gasteiger charge is -2.04. The average Bonchev–Trinajstić information content (AvgIpc) is 3.10. The molecule has 1 amide bonds. The first-order valence-corrected chi connectivity index (χ1v) is 8.34. The Morgan fingerprint density at radius 2 is 1.74 bits per heavy atom. The molecule has 1 aromatic heterocycles. The molecule has 0 aliphatic heterocycles. The number of nitrogens with one attached hydrogen (secondary N) is 1. The van der Waals surface area contributed by atoms with E-state index in [0.29, 0.717) is 23.4 Å². The van der Waals surface area contributed by atoms with Crippen LogP contribution in [-0.4, -0.2) is 29.2 Å². The Labute approximate surface area is 156 Å². The number of amides is 1. The van der Waals surface area contributed by atoms with E-state index in [-0.39, 0.29) is 6.01 Å². The molecule has 0 saturated carbocycles. The number of carbonyl (C=O) groups excluding carboxylic acids is 2. The number of ether oxygens (including phenoxy) is 1. The van der Waals surface area contributed by atoms with Crippen LogP contribution in [0.5, 0.6) is 0 Å². The molecule has 0 spiro atoms. The summed E-state index contributed by atoms with van der Waals surface area (Å²) in [7, 11) is 1.30. The molecule has 0 fully saturated rings. The summed E-state index contributed by atoms with van der Waals surface area (Å²) in [5.41, 5.74) is 4.14. The number of aromatic nitrogens is 2. The minimum atomic E-state index is -0.463. The Hall–Kier alpha value is -3.48. The zero-order valence-corrected chi connectivity index (χ0v) is 15.3. The van der Waals surface area contributed by atoms with Crippen molar-refractivity contribution in [3.8, 4) is 0 Å². The number of methoxy groups -OCH3 is 1. The molecule has 27 heavy (non-hydrogen) atoms. The van der Waals surface area contributed by atoms with Crippen LogP contribution in [0.25, 0.3) is 0 Å². The van der Waals surface area contributed by atoms with Gasteiger partial charge in [0, 0.05) is 5.56 Å². The van der Waals surface area contributed by atoms with Gasteiger partial charge in [-0.1, -0.05) is 28.9 Å². The van der Waals surface area contributed by atoms with E-state index in [1.165, 1.54) is 36.9 Å². The van der Waals surface area contributed by atoms with Gasteiger partial charge in [-0.3, -0.25) is 10.1 Å². The van der Waals surface area contributed by atoms with Gasteiger partial charge in [-0.05, 0) is 49.2 Å². The maximum Gasteiger partial charge on any atom is 0.337 e. The third kappa shape index (κ3) is 4.38. The van der Waals surface area contributed by atoms with E-state index in [1.54, 1.807) is 0 Å². The minimum absolute atomic E-state index is 0.0248. The second-order valence-corrected chi connectivity index (χ2v) is 6.13. The van der Waals surface area contributed by atoms with E-state index < -0.39 is 11.9 Å². The van der Waals surface area contributed by atoms with Crippen molar-refractivity contribution in [2.45, 2.75) is 20.3 Å². The van der Waals surface area contributed by atoms with Crippen molar-refractivity contribution < 1.29 is 18.7 Å². The van der Waals surface area contributed by atoms with Crippen LogP contribution in [0.2, 0.25) is 0 Å². The number of benzene rings is 2. The summed E-state index contributed by atoms with van der Waals surface area (Å²) in [6, 6.07) is 12.2. The maximum atomic E-state index is 12.3. The van der Waals surface area contributed by atoms with Crippen molar-refractivity contribution in [1.29, 1.82) is 0 Å². The summed E-state index contributed by atoms with van der Waals surface area (Å²) in [5, 5.41) is 10.4. The number of anilines is 1. The van der Waals surface area contributed by atoms with Crippen molar-refractivity contribution in [3.63, 3.8) is 0 Å². The van der Waals surface area contributed by atoms with E-state index in [9.17, 15) is 9.59 Å². The molecule has 3 aromatic rings. The second kappa shape index (κ2) is 7.82. The number of hydrogen-bond acceptors (Lipinski definition) is 6. The van der Waals surface area contributed by atoms with Crippen LogP contribution in [0.15, 0.2) is 46.9 Å². The van der Waals surface area contributed by atoms with E-state index in [2.05, 4.69) is 26.3 Å². The number of hydrogen-bond donors (Lipinski definition) is 1. The van der Waals surface area contributed by atoms with Crippen LogP contribution >= 0.6 is 0 Å². The van der Waals surface area contributed by atoms with E-state index in [4.69, 9.17) is 4.42 Å². The zero-order chi connectivity index (χ0) is 19.4. The molecule has 0 bridgehead atoms. The van der Waals surface area contributed by atoms with E-state index >= 15 is 0 Å². The van der Waals surface area contributed by atoms with Gasteiger partial charge in [0.05, 0.1) is 19.1 Å². The Kier molecular flexibility index (Phi) is 5.30. The normalized spacial score (nSPS) is 10.5. The molecule has 138 valence electrons. The SMILES string of the molecule is COC(=O)c1ccc(C(=O)Nc2nnc(Cc3ccc(C)cc3C)o2)cc1. The van der Waals surface area contributed by atoms with Crippen LogP contribution in [0.3, 0.4) is 0 Å². The highest BCUT2D eigenvalue weighted by Crippen LogP contribution is 2.17. The Balaban J connectivity index is 1.66. The van der Waals surface area contributed by atoms with Gasteiger partial charge in [0.15, 0.2) is 0 Å². The Morgan fingerprint density at radius 3 is 2.41 bits per heavy atom. The lowest BCUT2D eigenvalue weighted by Crippen LogP contribution is -2.12. The zero-order valence-electron chi connectivity index (χ0n) is 15.3. The quantitative estimate of drug-likeness (QED) is 0.697. The van der Waals surface area contributed by atoms with Crippen LogP contribution in [0.1, 0.15) is 43.3 Å². The fourth-order valence-corrected chi connectivity index (χ4v) is 2.63. The third-order valence-corrected chi connectivity index (χ3v) is 4.10. The molecule has 7 heteroatoms. The predicted octanol–water partition coefficient (Wildman–Crippen LogP) is 3.32. The monoisotopic (exact) mass is 365 g/mol. The highest BCUT2D eigenvalue weighted by atomic mass is 16.5. The van der Waals surface area contributed by atoms with Gasteiger partial charge in [-0.25, -0.2) is 4.79 Å². The van der Waals surface area contributed by atoms with E-state index in [0.717, 1.165) is 11.1 Å². The van der Waals surface area contributed by atoms with Crippen LogP contribution in [0, 0.1) is 13.8 Å². The van der Waals surface area contributed by atoms with Crippen LogP contribution in [0.4, 0.5) is 6.01 Å². The summed E-state index contributed by atoms with van der Waals surface area (Å²) < 4.78 is 10.1. The topological polar surface area (TPSA) is 94.3 Å². The van der Waals surface area contributed by atoms with Crippen molar-refractivity contribution in [2.75, 3.05) is 12.4 Å². The molecule has 3 rings (SSSR count). The number of esters is 1. The van der Waals surface area contributed by atoms with Gasteiger partial charge < -0.3 is 9.15 Å². The largest absolute Gasteiger partial charge is 0.465 e. The average molecular weight is 365 g/mol. The van der Waals surface area contributed by atoms with Gasteiger partial charge >= 0.3 is 12.0 Å². The second-order valence-electron chi connectivity index (χ2n) is 6.13. The summed E-state index contributed by atoms with van der Waals surface area (Å²) in [4.78, 5) is 23.7. The molecule has 1 heterocycles. The van der Waals surface area contributed by atoms with Crippen molar-refractivity contribution in [2.24, 2.45) is 0 Å². The molecule has 7 nitrogen and oxygen atoms in total. The van der Waals surface area contributed by atoms with Crippen molar-refractivity contribution >= 4 is 17.9 Å². The smallest absolute Gasteiger partial charge is 0.337 e. The predicted molar refractivity (Wildman–Crippen MR) is 98.8 cm³/mol. The standard InChI is InChI=1S/C20H19N3O4/c1-12-4-5-16(13(2)10-12)11-17-22-23-20(27-17)21-18(24)14-6-8-15(9-7-14)19(25)26-3/h4-10H,11H2,1-3H3,(H,21,23,24). The molecular formula is C20H19N3O4. The number of carbonyl (C=O) groups is 2. The van der Waals surface area contributed by atoms with Gasteiger partial charge in [-0.15, -0.1) is 5.10 Å². The Morgan fingerprint density at radius 1 is 1.04 bits per heavy atom. The fourth-order valence-electron chi connectivity index (χ4n) is 2.63. The summed E-state index contributed by atoms with van der Waals surface area (Å²) in [5.74, 6) is -0.457. The van der Waals surface area contributed by atoms with Gasteiger partial charge in [0.25, 0.3) is 5.91 Å². The van der Waals surface area contributed by atoms with Gasteiger partial charge in [-0.2, -0.15) is 0 Å². The molecule has 0 atom stereocenters. The molecule has 2 aromatic carbocycles. The highest BCUT2D eigenvalue weighted by molar-refractivity contribution is 6.03. The number of nitrogens with zero attached hydrogens (tertiary/aromatic N) is 2. The fraction of sp³-hybridized carbons (Fsp3) is 0.200. The molecule has 0 unspecified atom stereocenters. The molecule has 0 radical (unpaired) electrons. The maximum absolute atomic E-state index is 12.3. The summed E-state index contributed by atoms with van der Waals surface area (Å²) in [6.45, 7) is 4.06. The van der Waals surface area contributed by atoms with E-state index in [1.807, 2.05) is 26.0 Å². The summed E-state index contributed by atoms with van der Waals surface area (Å²) >= 11 is 0. The molecule has 1 N–H and O–H groups in total. The first-order chi connectivity index (χ1) is 13.0. The first kappa shape index (κ1) is 18.3. The summed E-state index contributed by atoms with van der Waals surface area (Å²) in [6.07, 6.45) is 0.489. The highest BCUT2D eigenvalue weighted by Gasteiger charge is 2.14. The van der Waals surface area contributed by atoms with Crippen molar-refractivity contribution in [1.82, 2.24) is 10.2 Å².